The molecule has 0 amide bonds. The molecule has 0 spiro atoms. The van der Waals surface area contributed by atoms with Gasteiger partial charge in [0.1, 0.15) is 5.75 Å². The molecule has 0 aliphatic rings. The summed E-state index contributed by atoms with van der Waals surface area (Å²) in [4.78, 5) is 0. The van der Waals surface area contributed by atoms with Crippen molar-refractivity contribution in [3.8, 4) is 5.75 Å². The van der Waals surface area contributed by atoms with Crippen LogP contribution < -0.4 is 10.1 Å². The van der Waals surface area contributed by atoms with E-state index in [1.807, 2.05) is 13.0 Å². The van der Waals surface area contributed by atoms with Crippen LogP contribution in [0.3, 0.4) is 0 Å². The molecule has 2 unspecified atom stereocenters. The number of halogens is 2. The van der Waals surface area contributed by atoms with Gasteiger partial charge in [-0.15, -0.1) is 0 Å². The summed E-state index contributed by atoms with van der Waals surface area (Å²) < 4.78 is 7.80. The second-order valence-electron chi connectivity index (χ2n) is 4.86. The largest absolute Gasteiger partial charge is 0.492 e. The minimum absolute atomic E-state index is 0.497. The Morgan fingerprint density at radius 2 is 1.89 bits per heavy atom. The highest BCUT2D eigenvalue weighted by atomic mass is 79.9. The molecule has 2 atom stereocenters. The highest BCUT2D eigenvalue weighted by Crippen LogP contribution is 2.33. The summed E-state index contributed by atoms with van der Waals surface area (Å²) >= 11 is 7.10. The van der Waals surface area contributed by atoms with E-state index in [0.29, 0.717) is 18.6 Å². The van der Waals surface area contributed by atoms with Gasteiger partial charge in [-0.25, -0.2) is 0 Å². The van der Waals surface area contributed by atoms with Gasteiger partial charge in [0, 0.05) is 22.6 Å². The van der Waals surface area contributed by atoms with Gasteiger partial charge in [-0.2, -0.15) is 0 Å². The van der Waals surface area contributed by atoms with Crippen LogP contribution >= 0.6 is 31.9 Å². The third-order valence-electron chi connectivity index (χ3n) is 3.49. The molecular formula is C15H23Br2NO. The van der Waals surface area contributed by atoms with Crippen molar-refractivity contribution in [3.63, 3.8) is 0 Å². The number of ether oxygens (including phenoxy) is 1. The molecule has 1 aromatic rings. The summed E-state index contributed by atoms with van der Waals surface area (Å²) in [6.45, 7) is 10.2. The molecular weight excluding hydrogens is 370 g/mol. The molecule has 1 aromatic carbocycles. The first-order chi connectivity index (χ1) is 8.99. The summed E-state index contributed by atoms with van der Waals surface area (Å²) in [5.41, 5.74) is 1.18. The van der Waals surface area contributed by atoms with Crippen LogP contribution in [-0.2, 0) is 6.54 Å². The molecule has 0 saturated carbocycles. The minimum atomic E-state index is 0.497. The number of benzene rings is 1. The third kappa shape index (κ3) is 5.09. The zero-order valence-corrected chi connectivity index (χ0v) is 15.3. The fraction of sp³-hybridized carbons (Fsp3) is 0.600. The van der Waals surface area contributed by atoms with Crippen molar-refractivity contribution >= 4 is 31.9 Å². The van der Waals surface area contributed by atoms with E-state index in [2.05, 4.69) is 64.0 Å². The molecule has 0 aliphatic heterocycles. The van der Waals surface area contributed by atoms with Crippen molar-refractivity contribution in [2.45, 2.75) is 46.7 Å². The van der Waals surface area contributed by atoms with Crippen molar-refractivity contribution < 1.29 is 4.74 Å². The van der Waals surface area contributed by atoms with E-state index < -0.39 is 0 Å². The van der Waals surface area contributed by atoms with Gasteiger partial charge in [0.15, 0.2) is 0 Å². The molecule has 1 rings (SSSR count). The number of nitrogens with one attached hydrogen (secondary N) is 1. The number of hydrogen-bond donors (Lipinski definition) is 1. The lowest BCUT2D eigenvalue weighted by Crippen LogP contribution is -2.31. The van der Waals surface area contributed by atoms with Crippen LogP contribution in [0.5, 0.6) is 5.75 Å². The molecule has 0 heterocycles. The van der Waals surface area contributed by atoms with E-state index in [4.69, 9.17) is 4.74 Å². The predicted molar refractivity (Wildman–Crippen MR) is 88.8 cm³/mol. The lowest BCUT2D eigenvalue weighted by molar-refractivity contribution is 0.329. The average molecular weight is 393 g/mol. The van der Waals surface area contributed by atoms with Crippen LogP contribution in [0.2, 0.25) is 0 Å². The Morgan fingerprint density at radius 1 is 1.21 bits per heavy atom. The Kier molecular flexibility index (Phi) is 7.40. The first-order valence-electron chi connectivity index (χ1n) is 6.83. The zero-order valence-electron chi connectivity index (χ0n) is 12.1. The second kappa shape index (κ2) is 8.28. The summed E-state index contributed by atoms with van der Waals surface area (Å²) in [5.74, 6) is 1.61. The van der Waals surface area contributed by atoms with Crippen molar-refractivity contribution in [2.75, 3.05) is 6.61 Å². The molecule has 108 valence electrons. The van der Waals surface area contributed by atoms with Crippen LogP contribution in [0.1, 0.15) is 39.7 Å². The Labute approximate surface area is 133 Å². The van der Waals surface area contributed by atoms with Crippen molar-refractivity contribution in [3.05, 3.63) is 26.6 Å². The summed E-state index contributed by atoms with van der Waals surface area (Å²) in [5, 5.41) is 3.58. The molecule has 2 nitrogen and oxygen atoms in total. The maximum atomic E-state index is 5.73. The molecule has 0 bridgehead atoms. The Bertz CT molecular complexity index is 409. The highest BCUT2D eigenvalue weighted by molar-refractivity contribution is 9.11. The fourth-order valence-electron chi connectivity index (χ4n) is 1.88. The van der Waals surface area contributed by atoms with Gasteiger partial charge < -0.3 is 10.1 Å². The maximum Gasteiger partial charge on any atom is 0.138 e. The normalized spacial score (nSPS) is 14.2. The van der Waals surface area contributed by atoms with Gasteiger partial charge in [0.25, 0.3) is 0 Å². The van der Waals surface area contributed by atoms with E-state index in [9.17, 15) is 0 Å². The molecule has 0 fully saturated rings. The van der Waals surface area contributed by atoms with Crippen molar-refractivity contribution in [1.29, 1.82) is 0 Å². The molecule has 4 heteroatoms. The molecule has 0 saturated heterocycles. The van der Waals surface area contributed by atoms with Gasteiger partial charge in [-0.3, -0.25) is 0 Å². The summed E-state index contributed by atoms with van der Waals surface area (Å²) in [7, 11) is 0. The maximum absolute atomic E-state index is 5.73. The summed E-state index contributed by atoms with van der Waals surface area (Å²) in [6.07, 6.45) is 1.19. The monoisotopic (exact) mass is 391 g/mol. The summed E-state index contributed by atoms with van der Waals surface area (Å²) in [6, 6.07) is 4.64. The van der Waals surface area contributed by atoms with Crippen molar-refractivity contribution in [2.24, 2.45) is 5.92 Å². The molecule has 1 N–H and O–H groups in total. The van der Waals surface area contributed by atoms with E-state index in [-0.39, 0.29) is 0 Å². The highest BCUT2D eigenvalue weighted by Gasteiger charge is 2.13. The lowest BCUT2D eigenvalue weighted by Gasteiger charge is -2.21. The second-order valence-corrected chi connectivity index (χ2v) is 6.63. The third-order valence-corrected chi connectivity index (χ3v) is 4.53. The number of hydrogen-bond acceptors (Lipinski definition) is 2. The molecule has 0 aliphatic carbocycles. The van der Waals surface area contributed by atoms with Crippen LogP contribution in [0.4, 0.5) is 0 Å². The predicted octanol–water partition coefficient (Wildman–Crippen LogP) is 5.13. The van der Waals surface area contributed by atoms with Gasteiger partial charge in [0.2, 0.25) is 0 Å². The number of rotatable bonds is 7. The first-order valence-corrected chi connectivity index (χ1v) is 8.42. The van der Waals surface area contributed by atoms with Crippen LogP contribution in [0, 0.1) is 5.92 Å². The van der Waals surface area contributed by atoms with E-state index >= 15 is 0 Å². The standard InChI is InChI=1S/C15H23Br2NO/c1-5-10(3)11(4)18-9-12-7-13(16)8-14(17)15(12)19-6-2/h7-8,10-11,18H,5-6,9H2,1-4H3. The van der Waals surface area contributed by atoms with E-state index in [0.717, 1.165) is 21.2 Å². The minimum Gasteiger partial charge on any atom is -0.492 e. The van der Waals surface area contributed by atoms with E-state index in [1.165, 1.54) is 12.0 Å². The van der Waals surface area contributed by atoms with Gasteiger partial charge in [0.05, 0.1) is 11.1 Å². The topological polar surface area (TPSA) is 21.3 Å². The molecule has 0 radical (unpaired) electrons. The van der Waals surface area contributed by atoms with Crippen LogP contribution in [0.25, 0.3) is 0 Å². The Hall–Kier alpha value is -0.0600. The van der Waals surface area contributed by atoms with E-state index in [1.54, 1.807) is 0 Å². The molecule has 0 aromatic heterocycles. The van der Waals surface area contributed by atoms with Gasteiger partial charge in [-0.1, -0.05) is 36.2 Å². The smallest absolute Gasteiger partial charge is 0.138 e. The quantitative estimate of drug-likeness (QED) is 0.693. The van der Waals surface area contributed by atoms with Crippen molar-refractivity contribution in [1.82, 2.24) is 5.32 Å². The fourth-order valence-corrected chi connectivity index (χ4v) is 3.30. The molecule has 19 heavy (non-hydrogen) atoms. The van der Waals surface area contributed by atoms with Crippen LogP contribution in [0.15, 0.2) is 21.1 Å². The van der Waals surface area contributed by atoms with Crippen LogP contribution in [-0.4, -0.2) is 12.6 Å². The Morgan fingerprint density at radius 3 is 2.47 bits per heavy atom. The SMILES string of the molecule is CCOc1c(Br)cc(Br)cc1CNC(C)C(C)CC. The zero-order chi connectivity index (χ0) is 14.4. The average Bonchev–Trinajstić information content (AvgIpc) is 2.38. The van der Waals surface area contributed by atoms with Gasteiger partial charge in [-0.05, 0) is 47.8 Å². The lowest BCUT2D eigenvalue weighted by atomic mass is 10.0. The van der Waals surface area contributed by atoms with Gasteiger partial charge >= 0.3 is 0 Å². The first kappa shape index (κ1) is 17.0. The Balaban J connectivity index is 2.81.